The molecule has 0 spiro atoms. The fraction of sp³-hybridized carbons (Fsp3) is 0.833. The largest absolute Gasteiger partial charge is 0.396 e. The Kier molecular flexibility index (Phi) is 5.88. The van der Waals surface area contributed by atoms with Crippen molar-refractivity contribution in [1.82, 2.24) is 5.32 Å². The van der Waals surface area contributed by atoms with E-state index < -0.39 is 0 Å². The van der Waals surface area contributed by atoms with Crippen LogP contribution in [0.4, 0.5) is 0 Å². The van der Waals surface area contributed by atoms with Gasteiger partial charge < -0.3 is 26.6 Å². The summed E-state index contributed by atoms with van der Waals surface area (Å²) in [7, 11) is 0. The number of aliphatic hydroxyl groups excluding tert-OH is 1. The molecule has 2 saturated heterocycles. The first kappa shape index (κ1) is 21.4. The maximum Gasteiger partial charge on any atom is 0.0934 e. The maximum absolute atomic E-state index is 9.42. The standard InChI is InChI=1S/C24H41N3O2/c1-22(2)20-9-11-24(29-22,16-23(20,26)10-4-12-28)19-6-3-5-17(14-19)13-18-7-8-21(25)27-15-18/h7-8,15,17,19-21,27-28H,3-6,9-14,16,25-26H2,1-2H3. The lowest BCUT2D eigenvalue weighted by Gasteiger charge is -2.65. The van der Waals surface area contributed by atoms with Crippen LogP contribution >= 0.6 is 0 Å². The molecule has 2 bridgehead atoms. The van der Waals surface area contributed by atoms with E-state index in [9.17, 15) is 5.11 Å². The van der Waals surface area contributed by atoms with Gasteiger partial charge in [-0.2, -0.15) is 0 Å². The van der Waals surface area contributed by atoms with E-state index in [1.807, 2.05) is 6.08 Å². The van der Waals surface area contributed by atoms with Gasteiger partial charge >= 0.3 is 0 Å². The van der Waals surface area contributed by atoms with E-state index in [1.165, 1.54) is 31.3 Å². The average molecular weight is 404 g/mol. The van der Waals surface area contributed by atoms with Crippen molar-refractivity contribution in [3.05, 3.63) is 23.9 Å². The summed E-state index contributed by atoms with van der Waals surface area (Å²) in [6.07, 6.45) is 17.4. The van der Waals surface area contributed by atoms with E-state index >= 15 is 0 Å². The Morgan fingerprint density at radius 2 is 2.10 bits per heavy atom. The van der Waals surface area contributed by atoms with Crippen LogP contribution in [0.2, 0.25) is 0 Å². The van der Waals surface area contributed by atoms with Gasteiger partial charge in [-0.05, 0) is 88.7 Å². The Hall–Kier alpha value is -0.880. The van der Waals surface area contributed by atoms with Crippen molar-refractivity contribution < 1.29 is 9.84 Å². The summed E-state index contributed by atoms with van der Waals surface area (Å²) in [6.45, 7) is 4.72. The van der Waals surface area contributed by atoms with E-state index in [1.54, 1.807) is 0 Å². The molecule has 0 amide bonds. The van der Waals surface area contributed by atoms with E-state index in [2.05, 4.69) is 31.4 Å². The number of hydrogen-bond donors (Lipinski definition) is 4. The molecule has 29 heavy (non-hydrogen) atoms. The lowest BCUT2D eigenvalue weighted by Crippen LogP contribution is -2.72. The molecule has 3 aliphatic heterocycles. The van der Waals surface area contributed by atoms with Crippen LogP contribution in [0.1, 0.15) is 78.1 Å². The van der Waals surface area contributed by atoms with Gasteiger partial charge in [-0.1, -0.05) is 18.9 Å². The summed E-state index contributed by atoms with van der Waals surface area (Å²) in [5.74, 6) is 1.67. The minimum atomic E-state index is -0.204. The number of ether oxygens (including phenoxy) is 1. The van der Waals surface area contributed by atoms with Crippen LogP contribution in [0, 0.1) is 17.8 Å². The zero-order chi connectivity index (χ0) is 20.7. The van der Waals surface area contributed by atoms with Crippen molar-refractivity contribution in [3.8, 4) is 0 Å². The van der Waals surface area contributed by atoms with Gasteiger partial charge in [-0.15, -0.1) is 0 Å². The monoisotopic (exact) mass is 403 g/mol. The minimum absolute atomic E-state index is 0.0543. The number of allylic oxidation sites excluding steroid dienone is 2. The van der Waals surface area contributed by atoms with Gasteiger partial charge in [0, 0.05) is 24.3 Å². The Bertz CT molecular complexity index is 661. The molecular weight excluding hydrogens is 362 g/mol. The first-order chi connectivity index (χ1) is 13.8. The number of dihydropyridines is 1. The van der Waals surface area contributed by atoms with Crippen LogP contribution < -0.4 is 16.8 Å². The molecule has 6 unspecified atom stereocenters. The fourth-order valence-corrected chi connectivity index (χ4v) is 7.22. The van der Waals surface area contributed by atoms with Gasteiger partial charge in [0.05, 0.1) is 17.4 Å². The second kappa shape index (κ2) is 7.99. The van der Waals surface area contributed by atoms with Crippen molar-refractivity contribution in [2.24, 2.45) is 29.2 Å². The summed E-state index contributed by atoms with van der Waals surface area (Å²) in [5.41, 5.74) is 13.8. The van der Waals surface area contributed by atoms with Crippen molar-refractivity contribution in [2.45, 2.75) is 101 Å². The molecule has 2 aliphatic carbocycles. The first-order valence-electron chi connectivity index (χ1n) is 11.8. The van der Waals surface area contributed by atoms with Crippen LogP contribution in [0.15, 0.2) is 23.9 Å². The highest BCUT2D eigenvalue weighted by Crippen LogP contribution is 2.59. The van der Waals surface area contributed by atoms with Crippen LogP contribution in [-0.2, 0) is 4.74 Å². The number of nitrogens with two attached hydrogens (primary N) is 2. The molecular formula is C24H41N3O2. The molecule has 0 aromatic rings. The van der Waals surface area contributed by atoms with Gasteiger partial charge in [0.25, 0.3) is 0 Å². The second-order valence-electron chi connectivity index (χ2n) is 10.8. The molecule has 5 heteroatoms. The van der Waals surface area contributed by atoms with E-state index in [0.717, 1.165) is 38.5 Å². The molecule has 164 valence electrons. The van der Waals surface area contributed by atoms with Crippen LogP contribution in [-0.4, -0.2) is 34.6 Å². The number of aliphatic hydroxyl groups is 1. The number of nitrogens with one attached hydrogen (secondary N) is 1. The number of fused-ring (bicyclic) bond motifs is 3. The summed E-state index contributed by atoms with van der Waals surface area (Å²) in [5, 5.41) is 12.7. The van der Waals surface area contributed by atoms with Crippen molar-refractivity contribution in [2.75, 3.05) is 6.61 Å². The molecule has 6 N–H and O–H groups in total. The van der Waals surface area contributed by atoms with Crippen molar-refractivity contribution >= 4 is 0 Å². The third-order valence-electron chi connectivity index (χ3n) is 8.31. The van der Waals surface area contributed by atoms with Crippen LogP contribution in [0.3, 0.4) is 0 Å². The van der Waals surface area contributed by atoms with Gasteiger partial charge in [0.1, 0.15) is 0 Å². The molecule has 4 fully saturated rings. The highest BCUT2D eigenvalue weighted by molar-refractivity contribution is 5.24. The lowest BCUT2D eigenvalue weighted by atomic mass is 9.53. The number of hydrogen-bond acceptors (Lipinski definition) is 5. The smallest absolute Gasteiger partial charge is 0.0934 e. The number of rotatable bonds is 6. The third-order valence-corrected chi connectivity index (χ3v) is 8.31. The predicted octanol–water partition coefficient (Wildman–Crippen LogP) is 3.33. The lowest BCUT2D eigenvalue weighted by molar-refractivity contribution is -0.287. The SMILES string of the molecule is CC1(C)OC2(C3CCCC(CC4=CNC(N)C=C4)C3)CCC1C(N)(CCCO)C2. The van der Waals surface area contributed by atoms with Crippen molar-refractivity contribution in [1.29, 1.82) is 0 Å². The quantitative estimate of drug-likeness (QED) is 0.546. The Balaban J connectivity index is 1.49. The molecule has 2 saturated carbocycles. The van der Waals surface area contributed by atoms with Gasteiger partial charge in [-0.25, -0.2) is 0 Å². The predicted molar refractivity (Wildman–Crippen MR) is 117 cm³/mol. The highest BCUT2D eigenvalue weighted by atomic mass is 16.5. The Labute approximate surface area is 176 Å². The van der Waals surface area contributed by atoms with Crippen molar-refractivity contribution in [3.63, 3.8) is 0 Å². The molecule has 6 atom stereocenters. The summed E-state index contributed by atoms with van der Waals surface area (Å²) < 4.78 is 6.93. The maximum atomic E-state index is 9.42. The normalized spacial score (nSPS) is 43.7. The highest BCUT2D eigenvalue weighted by Gasteiger charge is 2.62. The molecule has 3 heterocycles. The summed E-state index contributed by atoms with van der Waals surface area (Å²) in [4.78, 5) is 0. The summed E-state index contributed by atoms with van der Waals surface area (Å²) in [6, 6.07) is 0. The van der Waals surface area contributed by atoms with Gasteiger partial charge in [-0.3, -0.25) is 0 Å². The topological polar surface area (TPSA) is 93.5 Å². The first-order valence-corrected chi connectivity index (χ1v) is 11.8. The molecule has 0 aromatic heterocycles. The van der Waals surface area contributed by atoms with E-state index in [-0.39, 0.29) is 29.5 Å². The second-order valence-corrected chi connectivity index (χ2v) is 10.8. The van der Waals surface area contributed by atoms with E-state index in [4.69, 9.17) is 16.2 Å². The third kappa shape index (κ3) is 4.16. The molecule has 5 nitrogen and oxygen atoms in total. The zero-order valence-corrected chi connectivity index (χ0v) is 18.3. The minimum Gasteiger partial charge on any atom is -0.396 e. The molecule has 5 rings (SSSR count). The molecule has 5 aliphatic rings. The van der Waals surface area contributed by atoms with Gasteiger partial charge in [0.2, 0.25) is 0 Å². The molecule has 0 aromatic carbocycles. The van der Waals surface area contributed by atoms with E-state index in [0.29, 0.717) is 17.8 Å². The Morgan fingerprint density at radius 3 is 2.79 bits per heavy atom. The van der Waals surface area contributed by atoms with Gasteiger partial charge in [0.15, 0.2) is 0 Å². The van der Waals surface area contributed by atoms with Crippen LogP contribution in [0.25, 0.3) is 0 Å². The molecule has 0 radical (unpaired) electrons. The average Bonchev–Trinajstić information content (AvgIpc) is 2.68. The summed E-state index contributed by atoms with van der Waals surface area (Å²) >= 11 is 0. The fourth-order valence-electron chi connectivity index (χ4n) is 7.22. The zero-order valence-electron chi connectivity index (χ0n) is 18.3. The Morgan fingerprint density at radius 1 is 1.28 bits per heavy atom. The van der Waals surface area contributed by atoms with Crippen LogP contribution in [0.5, 0.6) is 0 Å².